The Morgan fingerprint density at radius 2 is 1.42 bits per heavy atom. The number of rotatable bonds is 4. The molecule has 0 radical (unpaired) electrons. The smallest absolute Gasteiger partial charge is 0.0404 e. The van der Waals surface area contributed by atoms with Crippen LogP contribution in [-0.2, 0) is 11.0 Å². The van der Waals surface area contributed by atoms with E-state index in [0.717, 1.165) is 12.8 Å². The number of fused-ring (bicyclic) bond motifs is 5. The van der Waals surface area contributed by atoms with Gasteiger partial charge >= 0.3 is 0 Å². The maximum atomic E-state index is 6.83. The first kappa shape index (κ1) is 21.9. The second kappa shape index (κ2) is 7.57. The maximum Gasteiger partial charge on any atom is 0.0404 e. The lowest BCUT2D eigenvalue weighted by Crippen LogP contribution is -2.35. The van der Waals surface area contributed by atoms with Gasteiger partial charge in [0.1, 0.15) is 0 Å². The minimum absolute atomic E-state index is 0.0837. The van der Waals surface area contributed by atoms with Crippen LogP contribution in [0.25, 0.3) is 33.0 Å². The van der Waals surface area contributed by atoms with Crippen LogP contribution < -0.4 is 5.73 Å². The Hall–Kier alpha value is -2.90. The average Bonchev–Trinajstić information content (AvgIpc) is 3.06. The average molecular weight is 434 g/mol. The van der Waals surface area contributed by atoms with Crippen molar-refractivity contribution in [2.45, 2.75) is 65.3 Å². The summed E-state index contributed by atoms with van der Waals surface area (Å²) in [6.45, 7) is 13.5. The SMILES string of the molecule is CCC(N)(CC)c1ccc2c(c1)C(C)(C)c1cc(-c3cc(C)ccc3C)c3ccccc3c1-2. The van der Waals surface area contributed by atoms with Crippen molar-refractivity contribution in [3.8, 4) is 22.3 Å². The number of nitrogens with two attached hydrogens (primary N) is 1. The van der Waals surface area contributed by atoms with Crippen molar-refractivity contribution < 1.29 is 0 Å². The topological polar surface area (TPSA) is 26.0 Å². The Morgan fingerprint density at radius 1 is 0.727 bits per heavy atom. The molecule has 0 spiro atoms. The molecule has 0 saturated carbocycles. The molecule has 0 saturated heterocycles. The summed E-state index contributed by atoms with van der Waals surface area (Å²) in [7, 11) is 0. The molecule has 0 heterocycles. The van der Waals surface area contributed by atoms with Crippen LogP contribution in [-0.4, -0.2) is 0 Å². The van der Waals surface area contributed by atoms with Crippen molar-refractivity contribution in [3.63, 3.8) is 0 Å². The van der Waals surface area contributed by atoms with Gasteiger partial charge in [0.25, 0.3) is 0 Å². The fourth-order valence-corrected chi connectivity index (χ4v) is 5.80. The van der Waals surface area contributed by atoms with Crippen molar-refractivity contribution in [1.29, 1.82) is 0 Å². The van der Waals surface area contributed by atoms with Gasteiger partial charge in [-0.25, -0.2) is 0 Å². The second-order valence-corrected chi connectivity index (χ2v) is 10.5. The number of benzene rings is 4. The zero-order valence-electron chi connectivity index (χ0n) is 20.8. The summed E-state index contributed by atoms with van der Waals surface area (Å²) in [5.41, 5.74) is 18.6. The van der Waals surface area contributed by atoms with Gasteiger partial charge < -0.3 is 5.73 Å². The van der Waals surface area contributed by atoms with E-state index in [4.69, 9.17) is 5.73 Å². The molecule has 2 N–H and O–H groups in total. The van der Waals surface area contributed by atoms with Crippen LogP contribution in [0.15, 0.2) is 66.7 Å². The molecule has 1 aliphatic rings. The summed E-state index contributed by atoms with van der Waals surface area (Å²) in [5.74, 6) is 0. The molecule has 1 aliphatic carbocycles. The van der Waals surface area contributed by atoms with Crippen LogP contribution in [0.1, 0.15) is 68.4 Å². The van der Waals surface area contributed by atoms with Gasteiger partial charge in [0.15, 0.2) is 0 Å². The van der Waals surface area contributed by atoms with Crippen molar-refractivity contribution in [2.24, 2.45) is 5.73 Å². The lowest BCUT2D eigenvalue weighted by Gasteiger charge is -2.29. The molecule has 0 amide bonds. The summed E-state index contributed by atoms with van der Waals surface area (Å²) in [5, 5.41) is 2.67. The lowest BCUT2D eigenvalue weighted by molar-refractivity contribution is 0.412. The highest BCUT2D eigenvalue weighted by molar-refractivity contribution is 6.09. The summed E-state index contributed by atoms with van der Waals surface area (Å²) in [6, 6.07) is 25.2. The molecular formula is C32H35N. The minimum atomic E-state index is -0.272. The molecular weight excluding hydrogens is 398 g/mol. The van der Waals surface area contributed by atoms with E-state index in [1.54, 1.807) is 0 Å². The van der Waals surface area contributed by atoms with E-state index in [9.17, 15) is 0 Å². The molecule has 168 valence electrons. The van der Waals surface area contributed by atoms with Gasteiger partial charge in [-0.3, -0.25) is 0 Å². The van der Waals surface area contributed by atoms with Gasteiger partial charge in [0.2, 0.25) is 0 Å². The normalized spacial score (nSPS) is 14.4. The standard InChI is InChI=1S/C32H35N/c1-7-32(33,8-2)22-15-16-25-28(18-22)31(5,6)29-19-27(26-17-20(3)13-14-21(26)4)23-11-9-10-12-24(23)30(25)29/h9-19H,7-8,33H2,1-6H3. The maximum absolute atomic E-state index is 6.83. The minimum Gasteiger partial charge on any atom is -0.321 e. The summed E-state index contributed by atoms with van der Waals surface area (Å²) >= 11 is 0. The molecule has 1 heteroatoms. The van der Waals surface area contributed by atoms with E-state index in [1.165, 1.54) is 60.8 Å². The van der Waals surface area contributed by atoms with E-state index < -0.39 is 0 Å². The van der Waals surface area contributed by atoms with Crippen molar-refractivity contribution >= 4 is 10.8 Å². The molecule has 0 unspecified atom stereocenters. The van der Waals surface area contributed by atoms with Crippen molar-refractivity contribution in [1.82, 2.24) is 0 Å². The van der Waals surface area contributed by atoms with Crippen LogP contribution in [0, 0.1) is 13.8 Å². The quantitative estimate of drug-likeness (QED) is 0.343. The highest BCUT2D eigenvalue weighted by atomic mass is 14.7. The summed E-state index contributed by atoms with van der Waals surface area (Å²) in [6.07, 6.45) is 1.88. The Morgan fingerprint density at radius 3 is 2.12 bits per heavy atom. The van der Waals surface area contributed by atoms with Crippen LogP contribution in [0.3, 0.4) is 0 Å². The monoisotopic (exact) mass is 433 g/mol. The van der Waals surface area contributed by atoms with Gasteiger partial charge in [0.05, 0.1) is 0 Å². The molecule has 1 nitrogen and oxygen atoms in total. The fraction of sp³-hybridized carbons (Fsp3) is 0.312. The van der Waals surface area contributed by atoms with E-state index in [-0.39, 0.29) is 11.0 Å². The van der Waals surface area contributed by atoms with Gasteiger partial charge in [-0.05, 0) is 88.0 Å². The van der Waals surface area contributed by atoms with Crippen LogP contribution >= 0.6 is 0 Å². The summed E-state index contributed by atoms with van der Waals surface area (Å²) in [4.78, 5) is 0. The van der Waals surface area contributed by atoms with E-state index in [2.05, 4.69) is 108 Å². The van der Waals surface area contributed by atoms with Crippen molar-refractivity contribution in [3.05, 3.63) is 94.5 Å². The third kappa shape index (κ3) is 3.17. The molecule has 0 fully saturated rings. The molecule has 4 aromatic carbocycles. The highest BCUT2D eigenvalue weighted by Gasteiger charge is 2.38. The van der Waals surface area contributed by atoms with Crippen LogP contribution in [0.5, 0.6) is 0 Å². The number of hydrogen-bond acceptors (Lipinski definition) is 1. The Kier molecular flexibility index (Phi) is 5.03. The predicted molar refractivity (Wildman–Crippen MR) is 143 cm³/mol. The zero-order chi connectivity index (χ0) is 23.5. The lowest BCUT2D eigenvalue weighted by atomic mass is 9.78. The molecule has 33 heavy (non-hydrogen) atoms. The van der Waals surface area contributed by atoms with Crippen molar-refractivity contribution in [2.75, 3.05) is 0 Å². The molecule has 0 aromatic heterocycles. The van der Waals surface area contributed by atoms with Crippen LogP contribution in [0.2, 0.25) is 0 Å². The Bertz CT molecular complexity index is 1390. The van der Waals surface area contributed by atoms with Gasteiger partial charge in [-0.2, -0.15) is 0 Å². The molecule has 5 rings (SSSR count). The fourth-order valence-electron chi connectivity index (χ4n) is 5.80. The van der Waals surface area contributed by atoms with Gasteiger partial charge in [-0.15, -0.1) is 0 Å². The summed E-state index contributed by atoms with van der Waals surface area (Å²) < 4.78 is 0. The molecule has 0 aliphatic heterocycles. The largest absolute Gasteiger partial charge is 0.321 e. The molecule has 0 bridgehead atoms. The predicted octanol–water partition coefficient (Wildman–Crippen LogP) is 8.40. The Labute approximate surface area is 198 Å². The number of aryl methyl sites for hydroxylation is 2. The second-order valence-electron chi connectivity index (χ2n) is 10.5. The first-order valence-corrected chi connectivity index (χ1v) is 12.3. The zero-order valence-corrected chi connectivity index (χ0v) is 20.8. The van der Waals surface area contributed by atoms with E-state index >= 15 is 0 Å². The first-order valence-electron chi connectivity index (χ1n) is 12.3. The van der Waals surface area contributed by atoms with Crippen LogP contribution in [0.4, 0.5) is 0 Å². The van der Waals surface area contributed by atoms with Gasteiger partial charge in [0, 0.05) is 11.0 Å². The first-order chi connectivity index (χ1) is 15.7. The van der Waals surface area contributed by atoms with E-state index in [1.807, 2.05) is 0 Å². The Balaban J connectivity index is 1.83. The van der Waals surface area contributed by atoms with Gasteiger partial charge in [-0.1, -0.05) is 93.9 Å². The molecule has 4 aromatic rings. The third-order valence-electron chi connectivity index (χ3n) is 8.20. The molecule has 0 atom stereocenters. The third-order valence-corrected chi connectivity index (χ3v) is 8.20. The highest BCUT2D eigenvalue weighted by Crippen LogP contribution is 2.54. The van der Waals surface area contributed by atoms with E-state index in [0.29, 0.717) is 0 Å². The number of hydrogen-bond donors (Lipinski definition) is 1.